The number of hydrogen-bond acceptors (Lipinski definition) is 4. The number of aromatic amines is 1. The molecule has 2 unspecified atom stereocenters. The minimum Gasteiger partial charge on any atom is -0.360 e. The van der Waals surface area contributed by atoms with Crippen LogP contribution in [0, 0.1) is 0 Å². The molecule has 0 aromatic carbocycles. The zero-order chi connectivity index (χ0) is 14.4. The highest BCUT2D eigenvalue weighted by Crippen LogP contribution is 2.32. The normalized spacial score (nSPS) is 26.3. The molecule has 0 saturated carbocycles. The number of nitrogens with zero attached hydrogens (tertiary/aromatic N) is 2. The van der Waals surface area contributed by atoms with Crippen LogP contribution in [0.2, 0.25) is 0 Å². The Kier molecular flexibility index (Phi) is 2.90. The van der Waals surface area contributed by atoms with Gasteiger partial charge in [0.2, 0.25) is 0 Å². The van der Waals surface area contributed by atoms with E-state index in [9.17, 15) is 8.42 Å². The molecule has 0 spiro atoms. The van der Waals surface area contributed by atoms with Gasteiger partial charge in [0.25, 0.3) is 0 Å². The number of H-pyrrole nitrogens is 1. The zero-order valence-electron chi connectivity index (χ0n) is 11.6. The van der Waals surface area contributed by atoms with Gasteiger partial charge in [0.1, 0.15) is 0 Å². The Labute approximate surface area is 123 Å². The summed E-state index contributed by atoms with van der Waals surface area (Å²) in [6.45, 7) is 1.80. The van der Waals surface area contributed by atoms with Gasteiger partial charge in [0.05, 0.1) is 10.1 Å². The topological polar surface area (TPSA) is 66.1 Å². The molecule has 6 heteroatoms. The number of hydrogen-bond donors (Lipinski definition) is 1. The Morgan fingerprint density at radius 2 is 2.29 bits per heavy atom. The first-order valence-corrected chi connectivity index (χ1v) is 8.76. The fraction of sp³-hybridized carbons (Fsp3) is 0.400. The summed E-state index contributed by atoms with van der Waals surface area (Å²) in [7, 11) is -3.32. The van der Waals surface area contributed by atoms with E-state index in [2.05, 4.69) is 27.0 Å². The Hall–Kier alpha value is -1.66. The van der Waals surface area contributed by atoms with Crippen molar-refractivity contribution in [3.63, 3.8) is 0 Å². The van der Waals surface area contributed by atoms with E-state index in [1.807, 2.05) is 0 Å². The standard InChI is InChI=1S/C15H17N3O2S/c19-21(20,12-4-7-18-6-1-2-11(18)8-12)15-10-17-14-3-5-16-9-13(14)15/h1-3,5,9-12,17H,4,6-8H2. The summed E-state index contributed by atoms with van der Waals surface area (Å²) in [5.74, 6) is 0. The SMILES string of the molecule is O=S(=O)(c1c[nH]c2ccncc12)C1CCN2CC=CC2C1. The second-order valence-corrected chi connectivity index (χ2v) is 7.95. The highest BCUT2D eigenvalue weighted by molar-refractivity contribution is 7.92. The van der Waals surface area contributed by atoms with Crippen LogP contribution < -0.4 is 0 Å². The maximum absolute atomic E-state index is 13.0. The predicted molar refractivity (Wildman–Crippen MR) is 80.8 cm³/mol. The van der Waals surface area contributed by atoms with E-state index in [0.717, 1.165) is 18.6 Å². The molecular weight excluding hydrogens is 286 g/mol. The zero-order valence-corrected chi connectivity index (χ0v) is 12.4. The minimum absolute atomic E-state index is 0.279. The first kappa shape index (κ1) is 13.0. The highest BCUT2D eigenvalue weighted by Gasteiger charge is 2.37. The van der Waals surface area contributed by atoms with E-state index < -0.39 is 9.84 Å². The fourth-order valence-corrected chi connectivity index (χ4v) is 5.34. The van der Waals surface area contributed by atoms with E-state index in [-0.39, 0.29) is 11.3 Å². The first-order chi connectivity index (χ1) is 10.2. The van der Waals surface area contributed by atoms with Gasteiger partial charge in [-0.1, -0.05) is 12.2 Å². The van der Waals surface area contributed by atoms with Crippen molar-refractivity contribution in [2.75, 3.05) is 13.1 Å². The Morgan fingerprint density at radius 1 is 1.38 bits per heavy atom. The van der Waals surface area contributed by atoms with Crippen molar-refractivity contribution in [3.8, 4) is 0 Å². The maximum atomic E-state index is 13.0. The fourth-order valence-electron chi connectivity index (χ4n) is 3.43. The van der Waals surface area contributed by atoms with Crippen molar-refractivity contribution in [1.29, 1.82) is 0 Å². The second kappa shape index (κ2) is 4.68. The molecule has 0 radical (unpaired) electrons. The lowest BCUT2D eigenvalue weighted by Gasteiger charge is -2.34. The van der Waals surface area contributed by atoms with Crippen molar-refractivity contribution in [2.24, 2.45) is 0 Å². The van der Waals surface area contributed by atoms with Crippen LogP contribution >= 0.6 is 0 Å². The molecule has 2 aliphatic rings. The molecule has 2 aromatic heterocycles. The Bertz CT molecular complexity index is 809. The predicted octanol–water partition coefficient (Wildman–Crippen LogP) is 1.74. The molecule has 4 rings (SSSR count). The molecule has 1 N–H and O–H groups in total. The van der Waals surface area contributed by atoms with Gasteiger partial charge in [-0.3, -0.25) is 9.88 Å². The summed E-state index contributed by atoms with van der Waals surface area (Å²) in [5, 5.41) is 0.391. The van der Waals surface area contributed by atoms with E-state index in [0.29, 0.717) is 23.1 Å². The van der Waals surface area contributed by atoms with Crippen molar-refractivity contribution in [1.82, 2.24) is 14.9 Å². The molecule has 0 bridgehead atoms. The van der Waals surface area contributed by atoms with Gasteiger partial charge in [-0.25, -0.2) is 8.42 Å². The smallest absolute Gasteiger partial charge is 0.183 e. The third-order valence-electron chi connectivity index (χ3n) is 4.60. The summed E-state index contributed by atoms with van der Waals surface area (Å²) in [4.78, 5) is 9.82. The Balaban J connectivity index is 1.71. The van der Waals surface area contributed by atoms with Gasteiger partial charge < -0.3 is 4.98 Å². The highest BCUT2D eigenvalue weighted by atomic mass is 32.2. The monoisotopic (exact) mass is 303 g/mol. The number of rotatable bonds is 2. The summed E-state index contributed by atoms with van der Waals surface area (Å²) in [6.07, 6.45) is 10.6. The average Bonchev–Trinajstić information content (AvgIpc) is 3.13. The van der Waals surface area contributed by atoms with E-state index in [1.165, 1.54) is 0 Å². The first-order valence-electron chi connectivity index (χ1n) is 7.22. The number of piperidine rings is 1. The molecule has 21 heavy (non-hydrogen) atoms. The van der Waals surface area contributed by atoms with E-state index in [4.69, 9.17) is 0 Å². The van der Waals surface area contributed by atoms with Crippen LogP contribution in [0.15, 0.2) is 41.7 Å². The average molecular weight is 303 g/mol. The van der Waals surface area contributed by atoms with Crippen molar-refractivity contribution in [3.05, 3.63) is 36.8 Å². The molecule has 2 aliphatic heterocycles. The van der Waals surface area contributed by atoms with Crippen molar-refractivity contribution >= 4 is 20.7 Å². The van der Waals surface area contributed by atoms with Crippen LogP contribution in [-0.4, -0.2) is 47.7 Å². The van der Waals surface area contributed by atoms with Crippen LogP contribution in [0.4, 0.5) is 0 Å². The number of sulfone groups is 1. The molecule has 2 aromatic rings. The largest absolute Gasteiger partial charge is 0.360 e. The summed E-state index contributed by atoms with van der Waals surface area (Å²) < 4.78 is 25.9. The lowest BCUT2D eigenvalue weighted by molar-refractivity contribution is 0.216. The van der Waals surface area contributed by atoms with Crippen LogP contribution in [0.5, 0.6) is 0 Å². The van der Waals surface area contributed by atoms with Gasteiger partial charge in [-0.2, -0.15) is 0 Å². The van der Waals surface area contributed by atoms with E-state index in [1.54, 1.807) is 24.7 Å². The van der Waals surface area contributed by atoms with Crippen molar-refractivity contribution in [2.45, 2.75) is 29.0 Å². The van der Waals surface area contributed by atoms with Gasteiger partial charge in [-0.05, 0) is 18.9 Å². The van der Waals surface area contributed by atoms with Crippen LogP contribution in [0.3, 0.4) is 0 Å². The lowest BCUT2D eigenvalue weighted by Crippen LogP contribution is -2.43. The minimum atomic E-state index is -3.32. The van der Waals surface area contributed by atoms with Crippen LogP contribution in [-0.2, 0) is 9.84 Å². The molecule has 2 atom stereocenters. The number of aromatic nitrogens is 2. The number of fused-ring (bicyclic) bond motifs is 2. The molecule has 0 aliphatic carbocycles. The molecule has 1 saturated heterocycles. The third kappa shape index (κ3) is 2.01. The molecular formula is C15H17N3O2S. The molecule has 0 amide bonds. The van der Waals surface area contributed by atoms with Crippen LogP contribution in [0.1, 0.15) is 12.8 Å². The van der Waals surface area contributed by atoms with Gasteiger partial charge in [0.15, 0.2) is 9.84 Å². The van der Waals surface area contributed by atoms with E-state index >= 15 is 0 Å². The number of pyridine rings is 1. The molecule has 110 valence electrons. The van der Waals surface area contributed by atoms with Crippen LogP contribution in [0.25, 0.3) is 10.9 Å². The summed E-state index contributed by atoms with van der Waals surface area (Å²) >= 11 is 0. The maximum Gasteiger partial charge on any atom is 0.183 e. The molecule has 4 heterocycles. The lowest BCUT2D eigenvalue weighted by atomic mass is 10.0. The second-order valence-electron chi connectivity index (χ2n) is 5.76. The van der Waals surface area contributed by atoms with Gasteiger partial charge in [-0.15, -0.1) is 0 Å². The molecule has 1 fully saturated rings. The van der Waals surface area contributed by atoms with Crippen molar-refractivity contribution < 1.29 is 8.42 Å². The number of nitrogens with one attached hydrogen (secondary N) is 1. The summed E-state index contributed by atoms with van der Waals surface area (Å²) in [6, 6.07) is 2.08. The summed E-state index contributed by atoms with van der Waals surface area (Å²) in [5.41, 5.74) is 0.821. The Morgan fingerprint density at radius 3 is 3.19 bits per heavy atom. The third-order valence-corrected chi connectivity index (χ3v) is 6.86. The van der Waals surface area contributed by atoms with Gasteiger partial charge in [0, 0.05) is 48.6 Å². The molecule has 5 nitrogen and oxygen atoms in total. The van der Waals surface area contributed by atoms with Gasteiger partial charge >= 0.3 is 0 Å². The quantitative estimate of drug-likeness (QED) is 0.858.